The number of thiophene rings is 1. The molecule has 0 aliphatic carbocycles. The number of hydrogen-bond acceptors (Lipinski definition) is 7. The number of carbonyl (C=O) groups is 1. The van der Waals surface area contributed by atoms with Crippen LogP contribution in [-0.2, 0) is 17.9 Å². The van der Waals surface area contributed by atoms with Gasteiger partial charge in [-0.25, -0.2) is 14.5 Å². The van der Waals surface area contributed by atoms with Crippen molar-refractivity contribution in [3.63, 3.8) is 0 Å². The number of aromatic amines is 1. The summed E-state index contributed by atoms with van der Waals surface area (Å²) in [6.07, 6.45) is 0.718. The fraction of sp³-hybridized carbons (Fsp3) is 0.353. The Labute approximate surface area is 152 Å². The second-order valence-electron chi connectivity index (χ2n) is 5.83. The predicted octanol–water partition coefficient (Wildman–Crippen LogP) is 1.93. The van der Waals surface area contributed by atoms with Crippen molar-refractivity contribution in [2.24, 2.45) is 0 Å². The summed E-state index contributed by atoms with van der Waals surface area (Å²) in [5, 5.41) is 4.56. The number of carbonyl (C=O) groups excluding carboxylic acids is 1. The molecule has 0 aromatic carbocycles. The van der Waals surface area contributed by atoms with Crippen molar-refractivity contribution in [1.82, 2.24) is 19.7 Å². The molecule has 3 heterocycles. The van der Waals surface area contributed by atoms with Crippen LogP contribution in [0.25, 0.3) is 10.2 Å². The zero-order chi connectivity index (χ0) is 18.8. The molecule has 8 nitrogen and oxygen atoms in total. The van der Waals surface area contributed by atoms with Crippen molar-refractivity contribution < 1.29 is 9.53 Å². The number of nitrogens with one attached hydrogen (secondary N) is 1. The van der Waals surface area contributed by atoms with E-state index in [1.54, 1.807) is 0 Å². The van der Waals surface area contributed by atoms with E-state index in [1.807, 2.05) is 20.8 Å². The van der Waals surface area contributed by atoms with Crippen molar-refractivity contribution in [3.8, 4) is 0 Å². The van der Waals surface area contributed by atoms with Crippen molar-refractivity contribution >= 4 is 27.5 Å². The fourth-order valence-corrected chi connectivity index (χ4v) is 3.55. The van der Waals surface area contributed by atoms with E-state index in [2.05, 4.69) is 15.1 Å². The number of fused-ring (bicyclic) bond motifs is 1. The lowest BCUT2D eigenvalue weighted by atomic mass is 10.2. The molecule has 3 aromatic rings. The molecule has 0 unspecified atom stereocenters. The van der Waals surface area contributed by atoms with E-state index >= 15 is 0 Å². The summed E-state index contributed by atoms with van der Waals surface area (Å²) in [4.78, 5) is 44.7. The summed E-state index contributed by atoms with van der Waals surface area (Å²) < 4.78 is 6.41. The Bertz CT molecular complexity index is 1100. The first-order chi connectivity index (χ1) is 12.4. The van der Waals surface area contributed by atoms with Crippen LogP contribution >= 0.6 is 11.3 Å². The van der Waals surface area contributed by atoms with Crippen molar-refractivity contribution in [2.75, 3.05) is 0 Å². The molecular weight excluding hydrogens is 356 g/mol. The number of rotatable bonds is 5. The molecule has 0 radical (unpaired) electrons. The van der Waals surface area contributed by atoms with Gasteiger partial charge in [0.2, 0.25) is 0 Å². The Balaban J connectivity index is 1.80. The van der Waals surface area contributed by atoms with Gasteiger partial charge in [-0.15, -0.1) is 11.3 Å². The molecule has 3 rings (SSSR count). The Morgan fingerprint density at radius 1 is 1.31 bits per heavy atom. The second-order valence-corrected chi connectivity index (χ2v) is 7.04. The van der Waals surface area contributed by atoms with Crippen LogP contribution in [0.15, 0.2) is 21.7 Å². The zero-order valence-electron chi connectivity index (χ0n) is 14.7. The molecule has 0 atom stereocenters. The van der Waals surface area contributed by atoms with Gasteiger partial charge >= 0.3 is 5.97 Å². The minimum atomic E-state index is -0.684. The lowest BCUT2D eigenvalue weighted by Crippen LogP contribution is -2.25. The molecule has 0 bridgehead atoms. The molecule has 0 aliphatic rings. The molecule has 26 heavy (non-hydrogen) atoms. The van der Waals surface area contributed by atoms with Gasteiger partial charge in [0, 0.05) is 17.5 Å². The van der Waals surface area contributed by atoms with E-state index in [1.165, 1.54) is 28.2 Å². The van der Waals surface area contributed by atoms with Gasteiger partial charge in [-0.1, -0.05) is 6.92 Å². The fourth-order valence-electron chi connectivity index (χ4n) is 2.51. The molecule has 3 aromatic heterocycles. The van der Waals surface area contributed by atoms with Gasteiger partial charge in [-0.2, -0.15) is 5.10 Å². The summed E-state index contributed by atoms with van der Waals surface area (Å²) in [5.41, 5.74) is 0.412. The van der Waals surface area contributed by atoms with Gasteiger partial charge in [0.25, 0.3) is 11.1 Å². The van der Waals surface area contributed by atoms with E-state index in [-0.39, 0.29) is 29.2 Å². The normalized spacial score (nSPS) is 11.0. The Morgan fingerprint density at radius 2 is 2.08 bits per heavy atom. The third kappa shape index (κ3) is 3.43. The molecule has 0 fully saturated rings. The van der Waals surface area contributed by atoms with Gasteiger partial charge in [0.05, 0.1) is 5.39 Å². The number of aromatic nitrogens is 4. The van der Waals surface area contributed by atoms with Crippen molar-refractivity contribution in [2.45, 2.75) is 40.3 Å². The highest BCUT2D eigenvalue weighted by Gasteiger charge is 2.15. The summed E-state index contributed by atoms with van der Waals surface area (Å²) in [5.74, 6) is -0.421. The average Bonchev–Trinajstić information content (AvgIpc) is 2.89. The highest BCUT2D eigenvalue weighted by Crippen LogP contribution is 2.25. The predicted molar refractivity (Wildman–Crippen MR) is 97.6 cm³/mol. The molecule has 0 spiro atoms. The number of hydrogen-bond donors (Lipinski definition) is 1. The summed E-state index contributed by atoms with van der Waals surface area (Å²) in [7, 11) is 0. The van der Waals surface area contributed by atoms with E-state index in [0.29, 0.717) is 16.8 Å². The van der Waals surface area contributed by atoms with E-state index in [4.69, 9.17) is 4.74 Å². The van der Waals surface area contributed by atoms with Crippen LogP contribution in [0.2, 0.25) is 0 Å². The Hall–Kier alpha value is -2.81. The van der Waals surface area contributed by atoms with Gasteiger partial charge in [-0.05, 0) is 31.9 Å². The van der Waals surface area contributed by atoms with Crippen LogP contribution in [0.5, 0.6) is 0 Å². The molecule has 0 saturated heterocycles. The van der Waals surface area contributed by atoms with Crippen molar-refractivity contribution in [3.05, 3.63) is 54.8 Å². The maximum Gasteiger partial charge on any atom is 0.359 e. The highest BCUT2D eigenvalue weighted by molar-refractivity contribution is 7.18. The number of esters is 1. The molecule has 136 valence electrons. The minimum Gasteiger partial charge on any atom is -0.453 e. The first-order valence-electron chi connectivity index (χ1n) is 8.15. The zero-order valence-corrected chi connectivity index (χ0v) is 15.5. The first kappa shape index (κ1) is 18.0. The summed E-state index contributed by atoms with van der Waals surface area (Å²) in [6, 6.07) is 2.60. The monoisotopic (exact) mass is 374 g/mol. The number of aryl methyl sites for hydroxylation is 3. The first-order valence-corrected chi connectivity index (χ1v) is 8.96. The van der Waals surface area contributed by atoms with E-state index in [9.17, 15) is 14.4 Å². The maximum absolute atomic E-state index is 12.2. The third-order valence-electron chi connectivity index (χ3n) is 3.94. The van der Waals surface area contributed by atoms with Crippen LogP contribution in [0.3, 0.4) is 0 Å². The quantitative estimate of drug-likeness (QED) is 0.684. The second kappa shape index (κ2) is 7.20. The van der Waals surface area contributed by atoms with Gasteiger partial charge in [0.1, 0.15) is 17.3 Å². The van der Waals surface area contributed by atoms with E-state index in [0.717, 1.165) is 16.9 Å². The lowest BCUT2D eigenvalue weighted by Gasteiger charge is -2.06. The molecule has 1 N–H and O–H groups in total. The van der Waals surface area contributed by atoms with Gasteiger partial charge in [0.15, 0.2) is 5.69 Å². The molecule has 9 heteroatoms. The number of nitrogens with zero attached hydrogens (tertiary/aromatic N) is 3. The van der Waals surface area contributed by atoms with Crippen LogP contribution in [0, 0.1) is 13.8 Å². The molecule has 0 saturated carbocycles. The summed E-state index contributed by atoms with van der Waals surface area (Å²) >= 11 is 1.42. The van der Waals surface area contributed by atoms with Crippen LogP contribution < -0.4 is 11.1 Å². The standard InChI is InChI=1S/C17H18N4O4S/c1-4-7-21-13(22)6-5-11(20-21)17(24)25-8-12-18-15(23)14-9(2)10(3)26-16(14)19-12/h5-6H,4,7-8H2,1-3H3,(H,18,19,23). The molecule has 0 aliphatic heterocycles. The van der Waals surface area contributed by atoms with Crippen LogP contribution in [0.1, 0.15) is 40.1 Å². The van der Waals surface area contributed by atoms with Gasteiger partial charge in [-0.3, -0.25) is 9.59 Å². The average molecular weight is 374 g/mol. The van der Waals surface area contributed by atoms with Crippen molar-refractivity contribution in [1.29, 1.82) is 0 Å². The number of H-pyrrole nitrogens is 1. The lowest BCUT2D eigenvalue weighted by molar-refractivity contribution is 0.0452. The topological polar surface area (TPSA) is 107 Å². The SMILES string of the molecule is CCCn1nc(C(=O)OCc2nc3sc(C)c(C)c3c(=O)[nH]2)ccc1=O. The van der Waals surface area contributed by atoms with Gasteiger partial charge < -0.3 is 9.72 Å². The largest absolute Gasteiger partial charge is 0.453 e. The highest BCUT2D eigenvalue weighted by atomic mass is 32.1. The summed E-state index contributed by atoms with van der Waals surface area (Å²) in [6.45, 7) is 5.95. The third-order valence-corrected chi connectivity index (χ3v) is 5.04. The maximum atomic E-state index is 12.2. The Kier molecular flexibility index (Phi) is 4.99. The minimum absolute atomic E-state index is 0.0317. The number of ether oxygens (including phenoxy) is 1. The Morgan fingerprint density at radius 3 is 2.81 bits per heavy atom. The smallest absolute Gasteiger partial charge is 0.359 e. The van der Waals surface area contributed by atoms with E-state index < -0.39 is 5.97 Å². The molecular formula is C17H18N4O4S. The van der Waals surface area contributed by atoms with Crippen LogP contribution in [0.4, 0.5) is 0 Å². The molecule has 0 amide bonds. The van der Waals surface area contributed by atoms with Crippen LogP contribution in [-0.4, -0.2) is 25.7 Å².